The van der Waals surface area contributed by atoms with Gasteiger partial charge in [0.05, 0.1) is 12.2 Å². The third kappa shape index (κ3) is 3.33. The van der Waals surface area contributed by atoms with Crippen molar-refractivity contribution >= 4 is 38.9 Å². The first-order valence-electron chi connectivity index (χ1n) is 5.61. The molecule has 0 spiro atoms. The van der Waals surface area contributed by atoms with Crippen molar-refractivity contribution in [3.63, 3.8) is 0 Å². The van der Waals surface area contributed by atoms with Crippen LogP contribution < -0.4 is 4.90 Å². The zero-order valence-electron chi connectivity index (χ0n) is 10.6. The molecule has 0 atom stereocenters. The van der Waals surface area contributed by atoms with E-state index >= 15 is 0 Å². The van der Waals surface area contributed by atoms with Crippen LogP contribution in [0.1, 0.15) is 20.9 Å². The molecular formula is C13H13BrN2O2S. The van der Waals surface area contributed by atoms with E-state index in [1.54, 1.807) is 17.4 Å². The highest BCUT2D eigenvalue weighted by molar-refractivity contribution is 9.10. The second kappa shape index (κ2) is 5.71. The summed E-state index contributed by atoms with van der Waals surface area (Å²) in [6.07, 6.45) is 1.41. The Balaban J connectivity index is 2.29. The number of hydrogen-bond donors (Lipinski definition) is 1. The van der Waals surface area contributed by atoms with Crippen LogP contribution in [0.25, 0.3) is 0 Å². The minimum atomic E-state index is -0.957. The first kappa shape index (κ1) is 14.0. The second-order valence-electron chi connectivity index (χ2n) is 4.24. The van der Waals surface area contributed by atoms with Gasteiger partial charge in [-0.1, -0.05) is 0 Å². The zero-order valence-corrected chi connectivity index (χ0v) is 13.0. The standard InChI is InChI=1S/C13H13BrN2O2S/c1-8-3-12(11(5-15-8)13(17)18)16(2)6-10-4-9(14)7-19-10/h3-5,7H,6H2,1-2H3,(H,17,18). The Kier molecular flexibility index (Phi) is 4.21. The molecule has 0 fully saturated rings. The lowest BCUT2D eigenvalue weighted by Gasteiger charge is -2.20. The van der Waals surface area contributed by atoms with Gasteiger partial charge in [0.2, 0.25) is 0 Å². The van der Waals surface area contributed by atoms with Gasteiger partial charge in [0, 0.05) is 33.7 Å². The van der Waals surface area contributed by atoms with E-state index in [0.29, 0.717) is 12.2 Å². The van der Waals surface area contributed by atoms with Gasteiger partial charge in [-0.25, -0.2) is 4.79 Å². The molecule has 0 saturated carbocycles. The van der Waals surface area contributed by atoms with Crippen LogP contribution in [-0.4, -0.2) is 23.1 Å². The van der Waals surface area contributed by atoms with Crippen molar-refractivity contribution in [1.82, 2.24) is 4.98 Å². The molecule has 0 bridgehead atoms. The van der Waals surface area contributed by atoms with Crippen molar-refractivity contribution in [2.75, 3.05) is 11.9 Å². The van der Waals surface area contributed by atoms with E-state index in [1.165, 1.54) is 11.1 Å². The number of rotatable bonds is 4. The summed E-state index contributed by atoms with van der Waals surface area (Å²) in [6.45, 7) is 2.52. The molecule has 1 N–H and O–H groups in total. The molecule has 2 heterocycles. The molecule has 0 aromatic carbocycles. The Morgan fingerprint density at radius 1 is 1.53 bits per heavy atom. The highest BCUT2D eigenvalue weighted by atomic mass is 79.9. The molecule has 6 heteroatoms. The molecule has 0 unspecified atom stereocenters. The van der Waals surface area contributed by atoms with Crippen LogP contribution in [-0.2, 0) is 6.54 Å². The van der Waals surface area contributed by atoms with Crippen molar-refractivity contribution in [2.45, 2.75) is 13.5 Å². The number of hydrogen-bond acceptors (Lipinski definition) is 4. The van der Waals surface area contributed by atoms with E-state index in [-0.39, 0.29) is 5.56 Å². The highest BCUT2D eigenvalue weighted by Gasteiger charge is 2.15. The van der Waals surface area contributed by atoms with Crippen molar-refractivity contribution in [2.24, 2.45) is 0 Å². The first-order chi connectivity index (χ1) is 8.97. The zero-order chi connectivity index (χ0) is 14.0. The fourth-order valence-corrected chi connectivity index (χ4v) is 3.29. The summed E-state index contributed by atoms with van der Waals surface area (Å²) in [4.78, 5) is 18.4. The maximum absolute atomic E-state index is 11.2. The number of carboxylic acids is 1. The number of aromatic nitrogens is 1. The Hall–Kier alpha value is -1.40. The third-order valence-electron chi connectivity index (χ3n) is 2.68. The van der Waals surface area contributed by atoms with Crippen LogP contribution in [0.3, 0.4) is 0 Å². The van der Waals surface area contributed by atoms with E-state index in [4.69, 9.17) is 0 Å². The van der Waals surface area contributed by atoms with Gasteiger partial charge in [-0.2, -0.15) is 0 Å². The predicted octanol–water partition coefficient (Wildman–Crippen LogP) is 3.55. The average molecular weight is 341 g/mol. The number of thiophene rings is 1. The topological polar surface area (TPSA) is 53.4 Å². The molecule has 2 rings (SSSR count). The molecule has 4 nitrogen and oxygen atoms in total. The summed E-state index contributed by atoms with van der Waals surface area (Å²) < 4.78 is 1.05. The number of carbonyl (C=O) groups is 1. The third-order valence-corrected chi connectivity index (χ3v) is 4.36. The highest BCUT2D eigenvalue weighted by Crippen LogP contribution is 2.25. The number of nitrogens with zero attached hydrogens (tertiary/aromatic N) is 2. The Morgan fingerprint density at radius 2 is 2.26 bits per heavy atom. The number of halogens is 1. The Labute approximate surface area is 123 Å². The van der Waals surface area contributed by atoms with Gasteiger partial charge in [-0.3, -0.25) is 4.98 Å². The van der Waals surface area contributed by atoms with E-state index in [0.717, 1.165) is 10.2 Å². The maximum Gasteiger partial charge on any atom is 0.339 e. The van der Waals surface area contributed by atoms with Gasteiger partial charge < -0.3 is 10.0 Å². The fraction of sp³-hybridized carbons (Fsp3) is 0.231. The lowest BCUT2D eigenvalue weighted by molar-refractivity contribution is 0.0697. The molecular weight excluding hydrogens is 328 g/mol. The summed E-state index contributed by atoms with van der Waals surface area (Å²) in [6, 6.07) is 3.84. The van der Waals surface area contributed by atoms with Crippen LogP contribution >= 0.6 is 27.3 Å². The molecule has 0 aliphatic heterocycles. The van der Waals surface area contributed by atoms with Crippen molar-refractivity contribution < 1.29 is 9.90 Å². The average Bonchev–Trinajstić information content (AvgIpc) is 2.74. The van der Waals surface area contributed by atoms with E-state index in [9.17, 15) is 9.90 Å². The van der Waals surface area contributed by atoms with Crippen molar-refractivity contribution in [1.29, 1.82) is 0 Å². The molecule has 2 aromatic heterocycles. The lowest BCUT2D eigenvalue weighted by atomic mass is 10.2. The minimum absolute atomic E-state index is 0.226. The van der Waals surface area contributed by atoms with E-state index in [2.05, 4.69) is 20.9 Å². The van der Waals surface area contributed by atoms with Gasteiger partial charge >= 0.3 is 5.97 Å². The molecule has 0 aliphatic carbocycles. The van der Waals surface area contributed by atoms with Gasteiger partial charge in [0.15, 0.2) is 0 Å². The molecule has 0 saturated heterocycles. The second-order valence-corrected chi connectivity index (χ2v) is 6.15. The van der Waals surface area contributed by atoms with Crippen LogP contribution in [0, 0.1) is 6.92 Å². The monoisotopic (exact) mass is 340 g/mol. The Morgan fingerprint density at radius 3 is 2.84 bits per heavy atom. The quantitative estimate of drug-likeness (QED) is 0.924. The first-order valence-corrected chi connectivity index (χ1v) is 7.28. The molecule has 0 amide bonds. The SMILES string of the molecule is Cc1cc(N(C)Cc2cc(Br)cs2)c(C(=O)O)cn1. The van der Waals surface area contributed by atoms with Crippen LogP contribution in [0.2, 0.25) is 0 Å². The molecule has 100 valence electrons. The lowest BCUT2D eigenvalue weighted by Crippen LogP contribution is -2.19. The largest absolute Gasteiger partial charge is 0.478 e. The number of anilines is 1. The smallest absolute Gasteiger partial charge is 0.339 e. The number of aryl methyl sites for hydroxylation is 1. The van der Waals surface area contributed by atoms with E-state index in [1.807, 2.05) is 30.3 Å². The van der Waals surface area contributed by atoms with Crippen LogP contribution in [0.4, 0.5) is 5.69 Å². The summed E-state index contributed by atoms with van der Waals surface area (Å²) in [5.74, 6) is -0.957. The van der Waals surface area contributed by atoms with Gasteiger partial charge in [0.25, 0.3) is 0 Å². The van der Waals surface area contributed by atoms with Gasteiger partial charge in [-0.15, -0.1) is 11.3 Å². The van der Waals surface area contributed by atoms with Crippen LogP contribution in [0.15, 0.2) is 28.2 Å². The summed E-state index contributed by atoms with van der Waals surface area (Å²) in [5.41, 5.74) is 1.72. The number of pyridine rings is 1. The maximum atomic E-state index is 11.2. The predicted molar refractivity (Wildman–Crippen MR) is 80.1 cm³/mol. The molecule has 0 radical (unpaired) electrons. The normalized spacial score (nSPS) is 10.5. The number of aromatic carboxylic acids is 1. The molecule has 0 aliphatic rings. The van der Waals surface area contributed by atoms with E-state index < -0.39 is 5.97 Å². The summed E-state index contributed by atoms with van der Waals surface area (Å²) in [5, 5.41) is 11.2. The van der Waals surface area contributed by atoms with Gasteiger partial charge in [0.1, 0.15) is 5.56 Å². The van der Waals surface area contributed by atoms with Gasteiger partial charge in [-0.05, 0) is 35.0 Å². The minimum Gasteiger partial charge on any atom is -0.478 e. The summed E-state index contributed by atoms with van der Waals surface area (Å²) >= 11 is 5.05. The molecule has 19 heavy (non-hydrogen) atoms. The molecule has 2 aromatic rings. The van der Waals surface area contributed by atoms with Crippen molar-refractivity contribution in [3.05, 3.63) is 44.3 Å². The fourth-order valence-electron chi connectivity index (χ4n) is 1.78. The summed E-state index contributed by atoms with van der Waals surface area (Å²) in [7, 11) is 1.88. The van der Waals surface area contributed by atoms with Crippen molar-refractivity contribution in [3.8, 4) is 0 Å². The Bertz CT molecular complexity index is 612. The van der Waals surface area contributed by atoms with Crippen LogP contribution in [0.5, 0.6) is 0 Å². The number of carboxylic acid groups (broad SMARTS) is 1.